The topological polar surface area (TPSA) is 173 Å². The number of likely N-dealkylation sites (N-methyl/N-ethyl adjacent to an activating group) is 1. The van der Waals surface area contributed by atoms with Crippen LogP contribution >= 0.6 is 0 Å². The lowest BCUT2D eigenvalue weighted by atomic mass is 9.93. The molecule has 0 aliphatic carbocycles. The highest BCUT2D eigenvalue weighted by Crippen LogP contribution is 2.19. The van der Waals surface area contributed by atoms with E-state index in [1.54, 1.807) is 7.11 Å². The van der Waals surface area contributed by atoms with Gasteiger partial charge in [-0.15, -0.1) is 0 Å². The van der Waals surface area contributed by atoms with Gasteiger partial charge in [-0.2, -0.15) is 0 Å². The first kappa shape index (κ1) is 53.1. The van der Waals surface area contributed by atoms with Gasteiger partial charge < -0.3 is 48.4 Å². The van der Waals surface area contributed by atoms with Crippen LogP contribution in [0.4, 0.5) is 0 Å². The van der Waals surface area contributed by atoms with Crippen molar-refractivity contribution >= 4 is 31.0 Å². The second kappa shape index (κ2) is 31.3. The van der Waals surface area contributed by atoms with Crippen LogP contribution in [0.5, 0.6) is 0 Å². The van der Waals surface area contributed by atoms with Crippen molar-refractivity contribution in [2.24, 2.45) is 5.41 Å². The van der Waals surface area contributed by atoms with Crippen LogP contribution < -0.4 is 5.32 Å². The van der Waals surface area contributed by atoms with E-state index in [1.165, 1.54) is 0 Å². The number of hydrogen-bond donors (Lipinski definition) is 2. The molecule has 0 amide bonds. The number of unbranched alkanes of at least 4 members (excludes halogenated alkanes) is 1. The highest BCUT2D eigenvalue weighted by molar-refractivity contribution is 5.70. The van der Waals surface area contributed by atoms with Crippen LogP contribution in [-0.2, 0) is 59.0 Å². The normalized spacial score (nSPS) is 12.2. The van der Waals surface area contributed by atoms with Crippen molar-refractivity contribution in [1.29, 1.82) is 0 Å². The van der Waals surface area contributed by atoms with Gasteiger partial charge in [-0.1, -0.05) is 51.1 Å². The molecule has 0 saturated carbocycles. The van der Waals surface area contributed by atoms with Gasteiger partial charge in [-0.3, -0.25) is 14.4 Å². The van der Waals surface area contributed by atoms with Gasteiger partial charge in [0.2, 0.25) is 0 Å². The number of benzene rings is 1. The molecule has 0 aromatic heterocycles. The SMILES string of the molecule is CNC(COCCC=O)(COCCC(=O)OC(C)(C)C)COCCC(C)(C)C.COC(C)(C)C.O=CCCCC(=O)OCc1ccccc1.O=CO. The van der Waals surface area contributed by atoms with E-state index in [4.69, 9.17) is 38.3 Å². The Morgan fingerprint density at radius 3 is 1.67 bits per heavy atom. The monoisotopic (exact) mass is 743 g/mol. The molecule has 13 heteroatoms. The Bertz CT molecular complexity index is 1050. The molecule has 0 saturated heterocycles. The van der Waals surface area contributed by atoms with E-state index >= 15 is 0 Å². The number of esters is 2. The number of carbonyl (C=O) groups is 5. The van der Waals surface area contributed by atoms with Crippen LogP contribution in [0.15, 0.2) is 30.3 Å². The maximum absolute atomic E-state index is 11.8. The number of aldehydes is 2. The van der Waals surface area contributed by atoms with Gasteiger partial charge in [0.1, 0.15) is 24.8 Å². The minimum absolute atomic E-state index is 0.0417. The lowest BCUT2D eigenvalue weighted by Crippen LogP contribution is -2.55. The minimum atomic E-state index is -0.547. The molecule has 1 rings (SSSR count). The Labute approximate surface area is 312 Å². The van der Waals surface area contributed by atoms with Crippen LogP contribution in [0.25, 0.3) is 0 Å². The second-order valence-electron chi connectivity index (χ2n) is 14.9. The summed E-state index contributed by atoms with van der Waals surface area (Å²) >= 11 is 0. The molecule has 0 aliphatic heterocycles. The summed E-state index contributed by atoms with van der Waals surface area (Å²) in [6.07, 6.45) is 4.42. The fraction of sp³-hybridized carbons (Fsp3) is 0.718. The van der Waals surface area contributed by atoms with E-state index in [2.05, 4.69) is 26.1 Å². The molecule has 1 atom stereocenters. The Balaban J connectivity index is -0.000000823. The Kier molecular flexibility index (Phi) is 32.0. The molecular weight excluding hydrogens is 674 g/mol. The molecule has 0 spiro atoms. The van der Waals surface area contributed by atoms with Crippen molar-refractivity contribution in [2.45, 2.75) is 124 Å². The van der Waals surface area contributed by atoms with Gasteiger partial charge in [-0.25, -0.2) is 0 Å². The summed E-state index contributed by atoms with van der Waals surface area (Å²) in [7, 11) is 3.54. The van der Waals surface area contributed by atoms with E-state index in [-0.39, 0.29) is 42.5 Å². The van der Waals surface area contributed by atoms with Gasteiger partial charge in [0.05, 0.1) is 50.6 Å². The van der Waals surface area contributed by atoms with Gasteiger partial charge in [0.15, 0.2) is 0 Å². The molecule has 0 fully saturated rings. The average Bonchev–Trinajstić information content (AvgIpc) is 3.06. The fourth-order valence-electron chi connectivity index (χ4n) is 3.34. The van der Waals surface area contributed by atoms with Crippen molar-refractivity contribution in [3.8, 4) is 0 Å². The molecule has 2 N–H and O–H groups in total. The Morgan fingerprint density at radius 2 is 1.23 bits per heavy atom. The summed E-state index contributed by atoms with van der Waals surface area (Å²) in [5.41, 5.74) is 0.168. The molecule has 0 bridgehead atoms. The van der Waals surface area contributed by atoms with Gasteiger partial charge >= 0.3 is 11.9 Å². The van der Waals surface area contributed by atoms with Crippen molar-refractivity contribution < 1.29 is 57.5 Å². The molecule has 0 heterocycles. The second-order valence-corrected chi connectivity index (χ2v) is 14.9. The summed E-state index contributed by atoms with van der Waals surface area (Å²) in [5.74, 6) is -0.535. The minimum Gasteiger partial charge on any atom is -0.483 e. The molecule has 1 aromatic carbocycles. The van der Waals surface area contributed by atoms with Crippen molar-refractivity contribution in [2.75, 3.05) is 53.8 Å². The smallest absolute Gasteiger partial charge is 0.308 e. The third kappa shape index (κ3) is 39.6. The summed E-state index contributed by atoms with van der Waals surface area (Å²) < 4.78 is 32.5. The lowest BCUT2D eigenvalue weighted by molar-refractivity contribution is -0.156. The maximum atomic E-state index is 11.8. The zero-order valence-corrected chi connectivity index (χ0v) is 33.7. The van der Waals surface area contributed by atoms with Crippen LogP contribution in [-0.4, -0.2) is 107 Å². The molecule has 13 nitrogen and oxygen atoms in total. The standard InChI is InChI=1S/C21H41NO6.C12H14O3.C5H12O.CH2O2/c1-19(2,3)10-14-27-17-21(22-7,15-25-12-8-11-23)16-26-13-9-18(24)28-20(4,5)6;13-9-5-4-8-12(14)15-10-11-6-2-1-3-7-11;1-5(2,3)6-4;2-1-3/h11,22H,8-10,12-17H2,1-7H3;1-3,6-7,9H,4-5,8,10H2;1-4H3;1H,(H,2,3). The van der Waals surface area contributed by atoms with Crippen molar-refractivity contribution in [3.63, 3.8) is 0 Å². The van der Waals surface area contributed by atoms with Crippen LogP contribution in [0.3, 0.4) is 0 Å². The van der Waals surface area contributed by atoms with Crippen LogP contribution in [0, 0.1) is 5.41 Å². The number of hydrogen-bond acceptors (Lipinski definition) is 12. The van der Waals surface area contributed by atoms with Crippen molar-refractivity contribution in [3.05, 3.63) is 35.9 Å². The molecule has 1 aromatic rings. The summed E-state index contributed by atoms with van der Waals surface area (Å²) in [6.45, 7) is 20.5. The average molecular weight is 744 g/mol. The molecule has 52 heavy (non-hydrogen) atoms. The fourth-order valence-corrected chi connectivity index (χ4v) is 3.34. The number of methoxy groups -OCH3 is 1. The predicted molar refractivity (Wildman–Crippen MR) is 201 cm³/mol. The summed E-state index contributed by atoms with van der Waals surface area (Å²) in [4.78, 5) is 51.8. The summed E-state index contributed by atoms with van der Waals surface area (Å²) in [6, 6.07) is 9.51. The first-order valence-corrected chi connectivity index (χ1v) is 17.6. The molecule has 0 aliphatic rings. The molecule has 302 valence electrons. The zero-order chi connectivity index (χ0) is 40.5. The highest BCUT2D eigenvalue weighted by Gasteiger charge is 2.30. The largest absolute Gasteiger partial charge is 0.483 e. The Hall–Kier alpha value is -3.23. The van der Waals surface area contributed by atoms with Gasteiger partial charge in [0, 0.05) is 33.0 Å². The third-order valence-corrected chi connectivity index (χ3v) is 6.47. The first-order valence-electron chi connectivity index (χ1n) is 17.6. The number of ether oxygens (including phenoxy) is 6. The van der Waals surface area contributed by atoms with Crippen molar-refractivity contribution in [1.82, 2.24) is 5.32 Å². The third-order valence-electron chi connectivity index (χ3n) is 6.47. The van der Waals surface area contributed by atoms with E-state index in [0.29, 0.717) is 65.3 Å². The first-order chi connectivity index (χ1) is 24.2. The lowest BCUT2D eigenvalue weighted by Gasteiger charge is -2.33. The van der Waals surface area contributed by atoms with E-state index < -0.39 is 11.1 Å². The predicted octanol–water partition coefficient (Wildman–Crippen LogP) is 5.98. The van der Waals surface area contributed by atoms with Crippen LogP contribution in [0.1, 0.15) is 106 Å². The number of carboxylic acid groups (broad SMARTS) is 1. The number of nitrogens with one attached hydrogen (secondary N) is 1. The van der Waals surface area contributed by atoms with E-state index in [1.807, 2.05) is 78.9 Å². The number of rotatable bonds is 21. The Morgan fingerprint density at radius 1 is 0.731 bits per heavy atom. The maximum Gasteiger partial charge on any atom is 0.308 e. The summed E-state index contributed by atoms with van der Waals surface area (Å²) in [5, 5.41) is 10.1. The zero-order valence-electron chi connectivity index (χ0n) is 33.7. The van der Waals surface area contributed by atoms with Crippen LogP contribution in [0.2, 0.25) is 0 Å². The van der Waals surface area contributed by atoms with E-state index in [9.17, 15) is 19.2 Å². The molecule has 1 unspecified atom stereocenters. The number of carbonyl (C=O) groups excluding carboxylic acids is 4. The van der Waals surface area contributed by atoms with Gasteiger partial charge in [0.25, 0.3) is 6.47 Å². The van der Waals surface area contributed by atoms with E-state index in [0.717, 1.165) is 24.6 Å². The quantitative estimate of drug-likeness (QED) is 0.0856. The molecular formula is C39H69NO12. The highest BCUT2D eigenvalue weighted by atomic mass is 16.6. The van der Waals surface area contributed by atoms with Gasteiger partial charge in [-0.05, 0) is 72.4 Å². The molecule has 0 radical (unpaired) electrons.